The van der Waals surface area contributed by atoms with E-state index >= 15 is 0 Å². The highest BCUT2D eigenvalue weighted by molar-refractivity contribution is 5.45. The van der Waals surface area contributed by atoms with E-state index in [-0.39, 0.29) is 0 Å². The zero-order valence-corrected chi connectivity index (χ0v) is 9.53. The highest BCUT2D eigenvalue weighted by atomic mass is 16.3. The molecule has 0 fully saturated rings. The molecule has 5 heteroatoms. The van der Waals surface area contributed by atoms with Gasteiger partial charge in [0.2, 0.25) is 5.82 Å². The van der Waals surface area contributed by atoms with Crippen molar-refractivity contribution in [1.82, 2.24) is 20.5 Å². The molecule has 2 aromatic heterocycles. The Hall–Kier alpha value is -1.62. The van der Waals surface area contributed by atoms with Gasteiger partial charge in [0.15, 0.2) is 5.76 Å². The quantitative estimate of drug-likeness (QED) is 0.803. The summed E-state index contributed by atoms with van der Waals surface area (Å²) in [7, 11) is 0. The summed E-state index contributed by atoms with van der Waals surface area (Å²) in [6, 6.07) is 4.16. The number of furan rings is 1. The molecule has 0 aromatic carbocycles. The Morgan fingerprint density at radius 2 is 2.38 bits per heavy atom. The van der Waals surface area contributed by atoms with Crippen LogP contribution in [0, 0.1) is 0 Å². The Bertz CT molecular complexity index is 419. The van der Waals surface area contributed by atoms with E-state index in [1.165, 1.54) is 0 Å². The third-order valence-corrected chi connectivity index (χ3v) is 2.19. The fourth-order valence-corrected chi connectivity index (χ4v) is 1.40. The molecule has 0 saturated carbocycles. The van der Waals surface area contributed by atoms with E-state index in [0.717, 1.165) is 18.8 Å². The highest BCUT2D eigenvalue weighted by Gasteiger charge is 2.07. The first kappa shape index (κ1) is 10.9. The summed E-state index contributed by atoms with van der Waals surface area (Å²) in [4.78, 5) is 4.35. The SMILES string of the molecule is CC(C)NCCc1nc(-c2ccco2)n[nH]1. The molecule has 0 bridgehead atoms. The van der Waals surface area contributed by atoms with Crippen LogP contribution in [0.15, 0.2) is 22.8 Å². The summed E-state index contributed by atoms with van der Waals surface area (Å²) >= 11 is 0. The van der Waals surface area contributed by atoms with Crippen molar-refractivity contribution >= 4 is 0 Å². The second-order valence-corrected chi connectivity index (χ2v) is 3.94. The van der Waals surface area contributed by atoms with Crippen LogP contribution in [0.3, 0.4) is 0 Å². The van der Waals surface area contributed by atoms with Gasteiger partial charge in [0, 0.05) is 19.0 Å². The van der Waals surface area contributed by atoms with Gasteiger partial charge in [-0.25, -0.2) is 4.98 Å². The second-order valence-electron chi connectivity index (χ2n) is 3.94. The maximum absolute atomic E-state index is 5.21. The van der Waals surface area contributed by atoms with Gasteiger partial charge in [-0.2, -0.15) is 5.10 Å². The first-order chi connectivity index (χ1) is 7.75. The van der Waals surface area contributed by atoms with E-state index in [4.69, 9.17) is 4.42 Å². The molecule has 2 rings (SSSR count). The van der Waals surface area contributed by atoms with Gasteiger partial charge in [0.25, 0.3) is 0 Å². The number of aromatic amines is 1. The molecular weight excluding hydrogens is 204 g/mol. The predicted molar refractivity (Wildman–Crippen MR) is 60.9 cm³/mol. The van der Waals surface area contributed by atoms with Gasteiger partial charge < -0.3 is 9.73 Å². The van der Waals surface area contributed by atoms with Crippen molar-refractivity contribution in [3.63, 3.8) is 0 Å². The van der Waals surface area contributed by atoms with Crippen molar-refractivity contribution in [2.75, 3.05) is 6.54 Å². The van der Waals surface area contributed by atoms with Crippen molar-refractivity contribution in [2.24, 2.45) is 0 Å². The molecular formula is C11H16N4O. The zero-order chi connectivity index (χ0) is 11.4. The molecule has 5 nitrogen and oxygen atoms in total. The average molecular weight is 220 g/mol. The van der Waals surface area contributed by atoms with E-state index in [0.29, 0.717) is 17.6 Å². The highest BCUT2D eigenvalue weighted by Crippen LogP contribution is 2.14. The monoisotopic (exact) mass is 220 g/mol. The molecule has 0 aliphatic heterocycles. The summed E-state index contributed by atoms with van der Waals surface area (Å²) in [6.07, 6.45) is 2.46. The molecule has 0 aliphatic rings. The van der Waals surface area contributed by atoms with Gasteiger partial charge in [-0.3, -0.25) is 5.10 Å². The number of rotatable bonds is 5. The standard InChI is InChI=1S/C11H16N4O/c1-8(2)12-6-5-10-13-11(15-14-10)9-4-3-7-16-9/h3-4,7-8,12H,5-6H2,1-2H3,(H,13,14,15). The fraction of sp³-hybridized carbons (Fsp3) is 0.455. The molecule has 2 N–H and O–H groups in total. The summed E-state index contributed by atoms with van der Waals surface area (Å²) in [5.74, 6) is 2.18. The molecule has 0 spiro atoms. The minimum atomic E-state index is 0.493. The number of aromatic nitrogens is 3. The fourth-order valence-electron chi connectivity index (χ4n) is 1.40. The first-order valence-corrected chi connectivity index (χ1v) is 5.44. The molecule has 0 saturated heterocycles. The van der Waals surface area contributed by atoms with Crippen LogP contribution in [0.1, 0.15) is 19.7 Å². The van der Waals surface area contributed by atoms with Crippen molar-refractivity contribution < 1.29 is 4.42 Å². The van der Waals surface area contributed by atoms with E-state index in [9.17, 15) is 0 Å². The van der Waals surface area contributed by atoms with E-state index in [1.807, 2.05) is 12.1 Å². The van der Waals surface area contributed by atoms with Gasteiger partial charge in [-0.15, -0.1) is 0 Å². The molecule has 16 heavy (non-hydrogen) atoms. The van der Waals surface area contributed by atoms with Crippen LogP contribution < -0.4 is 5.32 Å². The lowest BCUT2D eigenvalue weighted by molar-refractivity contribution is 0.576. The second kappa shape index (κ2) is 4.94. The third kappa shape index (κ3) is 2.70. The van der Waals surface area contributed by atoms with Crippen LogP contribution in [0.2, 0.25) is 0 Å². The Morgan fingerprint density at radius 3 is 3.06 bits per heavy atom. The molecule has 0 atom stereocenters. The van der Waals surface area contributed by atoms with Crippen LogP contribution >= 0.6 is 0 Å². The Balaban J connectivity index is 1.93. The lowest BCUT2D eigenvalue weighted by atomic mass is 10.3. The molecule has 2 heterocycles. The van der Waals surface area contributed by atoms with Gasteiger partial charge in [0.1, 0.15) is 5.82 Å². The number of nitrogens with one attached hydrogen (secondary N) is 2. The lowest BCUT2D eigenvalue weighted by Crippen LogP contribution is -2.25. The van der Waals surface area contributed by atoms with Crippen molar-refractivity contribution in [1.29, 1.82) is 0 Å². The van der Waals surface area contributed by atoms with Crippen LogP contribution in [0.5, 0.6) is 0 Å². The van der Waals surface area contributed by atoms with Gasteiger partial charge in [-0.05, 0) is 12.1 Å². The molecule has 0 unspecified atom stereocenters. The summed E-state index contributed by atoms with van der Waals surface area (Å²) in [5.41, 5.74) is 0. The Kier molecular flexibility index (Phi) is 3.36. The van der Waals surface area contributed by atoms with E-state index < -0.39 is 0 Å². The van der Waals surface area contributed by atoms with Gasteiger partial charge in [-0.1, -0.05) is 13.8 Å². The number of nitrogens with zero attached hydrogens (tertiary/aromatic N) is 2. The Labute approximate surface area is 94.3 Å². The van der Waals surface area contributed by atoms with Crippen molar-refractivity contribution in [3.8, 4) is 11.6 Å². The number of H-pyrrole nitrogens is 1. The first-order valence-electron chi connectivity index (χ1n) is 5.44. The van der Waals surface area contributed by atoms with E-state index in [2.05, 4.69) is 34.3 Å². The van der Waals surface area contributed by atoms with Crippen LogP contribution in [0.4, 0.5) is 0 Å². The average Bonchev–Trinajstić information content (AvgIpc) is 2.85. The molecule has 86 valence electrons. The zero-order valence-electron chi connectivity index (χ0n) is 9.53. The molecule has 2 aromatic rings. The maximum atomic E-state index is 5.21. The summed E-state index contributed by atoms with van der Waals surface area (Å²) < 4.78 is 5.21. The summed E-state index contributed by atoms with van der Waals surface area (Å²) in [6.45, 7) is 5.13. The number of hydrogen-bond donors (Lipinski definition) is 2. The van der Waals surface area contributed by atoms with Crippen LogP contribution in [0.25, 0.3) is 11.6 Å². The van der Waals surface area contributed by atoms with Crippen molar-refractivity contribution in [2.45, 2.75) is 26.3 Å². The minimum absolute atomic E-state index is 0.493. The molecule has 0 amide bonds. The smallest absolute Gasteiger partial charge is 0.216 e. The van der Waals surface area contributed by atoms with E-state index in [1.54, 1.807) is 6.26 Å². The largest absolute Gasteiger partial charge is 0.461 e. The normalized spacial score (nSPS) is 11.2. The lowest BCUT2D eigenvalue weighted by Gasteiger charge is -2.05. The van der Waals surface area contributed by atoms with Crippen molar-refractivity contribution in [3.05, 3.63) is 24.2 Å². The molecule has 0 radical (unpaired) electrons. The maximum Gasteiger partial charge on any atom is 0.216 e. The van der Waals surface area contributed by atoms with Gasteiger partial charge in [0.05, 0.1) is 6.26 Å². The molecule has 0 aliphatic carbocycles. The predicted octanol–water partition coefficient (Wildman–Crippen LogP) is 1.61. The summed E-state index contributed by atoms with van der Waals surface area (Å²) in [5, 5.41) is 10.3. The van der Waals surface area contributed by atoms with Crippen LogP contribution in [-0.4, -0.2) is 27.8 Å². The minimum Gasteiger partial charge on any atom is -0.461 e. The Morgan fingerprint density at radius 1 is 1.50 bits per heavy atom. The van der Waals surface area contributed by atoms with Crippen LogP contribution in [-0.2, 0) is 6.42 Å². The van der Waals surface area contributed by atoms with Gasteiger partial charge >= 0.3 is 0 Å². The third-order valence-electron chi connectivity index (χ3n) is 2.19. The topological polar surface area (TPSA) is 66.7 Å². The number of hydrogen-bond acceptors (Lipinski definition) is 4.